The van der Waals surface area contributed by atoms with Crippen molar-refractivity contribution in [2.45, 2.75) is 0 Å². The highest BCUT2D eigenvalue weighted by Crippen LogP contribution is 2.36. The number of hydrogen-bond donors (Lipinski definition) is 1. The molecule has 4 heterocycles. The molecule has 4 aromatic heterocycles. The van der Waals surface area contributed by atoms with Crippen LogP contribution in [-0.4, -0.2) is 14.5 Å². The van der Waals surface area contributed by atoms with E-state index in [0.717, 1.165) is 61.1 Å². The molecule has 0 amide bonds. The summed E-state index contributed by atoms with van der Waals surface area (Å²) < 4.78 is 10.2. The third-order valence-electron chi connectivity index (χ3n) is 7.12. The van der Waals surface area contributed by atoms with E-state index in [1.54, 1.807) is 0 Å². The van der Waals surface area contributed by atoms with E-state index in [9.17, 15) is 0 Å². The molecule has 0 aliphatic carbocycles. The van der Waals surface area contributed by atoms with Crippen molar-refractivity contribution in [3.05, 3.63) is 103 Å². The summed E-state index contributed by atoms with van der Waals surface area (Å²) in [4.78, 5) is 8.80. The molecule has 1 N–H and O–H groups in total. The van der Waals surface area contributed by atoms with Crippen molar-refractivity contribution in [2.24, 2.45) is 7.05 Å². The quantitative estimate of drug-likeness (QED) is 0.225. The average molecular weight is 465 g/mol. The van der Waals surface area contributed by atoms with Gasteiger partial charge in [-0.25, -0.2) is 4.98 Å². The molecule has 0 saturated heterocycles. The fourth-order valence-corrected chi connectivity index (χ4v) is 5.45. The minimum atomic E-state index is 0.800. The lowest BCUT2D eigenvalue weighted by atomic mass is 10.1. The molecular weight excluding hydrogens is 444 g/mol. The average Bonchev–Trinajstić information content (AvgIpc) is 3.59. The van der Waals surface area contributed by atoms with Crippen molar-refractivity contribution >= 4 is 54.9 Å². The lowest BCUT2D eigenvalue weighted by Gasteiger charge is -2.06. The Bertz CT molecular complexity index is 2130. The normalized spacial score (nSPS) is 12.0. The maximum absolute atomic E-state index is 6.00. The Morgan fingerprint density at radius 1 is 0.750 bits per heavy atom. The molecule has 0 atom stereocenters. The zero-order valence-electron chi connectivity index (χ0n) is 19.5. The molecule has 0 bridgehead atoms. The molecule has 5 heteroatoms. The second-order valence-corrected chi connectivity index (χ2v) is 9.18. The first-order valence-corrected chi connectivity index (χ1v) is 12.0. The molecule has 0 radical (unpaired) electrons. The van der Waals surface area contributed by atoms with Gasteiger partial charge in [-0.15, -0.1) is 0 Å². The molecule has 0 aliphatic heterocycles. The van der Waals surface area contributed by atoms with Gasteiger partial charge in [0.1, 0.15) is 11.1 Å². The van der Waals surface area contributed by atoms with Crippen LogP contribution in [0.25, 0.3) is 71.9 Å². The summed E-state index contributed by atoms with van der Waals surface area (Å²) in [6.45, 7) is 0. The highest BCUT2D eigenvalue weighted by molar-refractivity contribution is 6.13. The molecule has 5 nitrogen and oxygen atoms in total. The Kier molecular flexibility index (Phi) is 3.80. The number of benzene rings is 4. The molecule has 0 fully saturated rings. The van der Waals surface area contributed by atoms with Crippen LogP contribution >= 0.6 is 0 Å². The molecule has 4 aromatic carbocycles. The standard InChI is InChI=1S/C31H20N4O/c1-34-18-35(25-13-4-3-12-24(25)34)26-14-7-10-20-19-9-6-11-21(29(19)33-30(20)26)23-16-17-28-31(32-23)22-8-2-5-15-27(22)36-28/h2-17,33H,1H3. The summed E-state index contributed by atoms with van der Waals surface area (Å²) in [5, 5.41) is 3.38. The second-order valence-electron chi connectivity index (χ2n) is 9.18. The number of pyridine rings is 1. The molecular formula is C31H20N4O. The van der Waals surface area contributed by atoms with Gasteiger partial charge < -0.3 is 18.5 Å². The fourth-order valence-electron chi connectivity index (χ4n) is 5.45. The first-order valence-electron chi connectivity index (χ1n) is 12.0. The van der Waals surface area contributed by atoms with E-state index < -0.39 is 0 Å². The zero-order chi connectivity index (χ0) is 23.8. The zero-order valence-corrected chi connectivity index (χ0v) is 19.5. The molecule has 0 unspecified atom stereocenters. The van der Waals surface area contributed by atoms with Crippen LogP contribution in [0.1, 0.15) is 0 Å². The Labute approximate surface area is 205 Å². The van der Waals surface area contributed by atoms with E-state index in [1.807, 2.05) is 41.9 Å². The largest absolute Gasteiger partial charge is 0.454 e. The number of H-pyrrole nitrogens is 1. The lowest BCUT2D eigenvalue weighted by molar-refractivity contribution is -0.571. The first-order chi connectivity index (χ1) is 17.8. The van der Waals surface area contributed by atoms with Crippen molar-refractivity contribution < 1.29 is 8.98 Å². The lowest BCUT2D eigenvalue weighted by Crippen LogP contribution is -2.29. The van der Waals surface area contributed by atoms with Gasteiger partial charge >= 0.3 is 0 Å². The number of fused-ring (bicyclic) bond motifs is 7. The number of furan rings is 1. The van der Waals surface area contributed by atoms with E-state index in [0.29, 0.717) is 0 Å². The number of aryl methyl sites for hydroxylation is 1. The van der Waals surface area contributed by atoms with Gasteiger partial charge in [-0.1, -0.05) is 72.8 Å². The molecule has 170 valence electrons. The van der Waals surface area contributed by atoms with Gasteiger partial charge in [0, 0.05) is 21.7 Å². The summed E-state index contributed by atoms with van der Waals surface area (Å²) in [5.41, 5.74) is 9.98. The summed E-state index contributed by atoms with van der Waals surface area (Å²) >= 11 is 0. The Morgan fingerprint density at radius 3 is 2.47 bits per heavy atom. The maximum atomic E-state index is 6.00. The van der Waals surface area contributed by atoms with Gasteiger partial charge in [0.05, 0.1) is 40.5 Å². The van der Waals surface area contributed by atoms with Crippen LogP contribution in [0.15, 0.2) is 101 Å². The van der Waals surface area contributed by atoms with Gasteiger partial charge in [0.25, 0.3) is 0 Å². The van der Waals surface area contributed by atoms with E-state index in [2.05, 4.69) is 82.6 Å². The van der Waals surface area contributed by atoms with Crippen LogP contribution in [0.3, 0.4) is 0 Å². The number of hydrogen-bond acceptors (Lipinski definition) is 2. The summed E-state index contributed by atoms with van der Waals surface area (Å²) in [6.07, 6.45) is 3.48. The second kappa shape index (κ2) is 7.06. The van der Waals surface area contributed by atoms with Crippen molar-refractivity contribution in [1.82, 2.24) is 14.5 Å². The third kappa shape index (κ3) is 2.59. The summed E-state index contributed by atoms with van der Waals surface area (Å²) in [7, 11) is 2.03. The number of nitrogens with zero attached hydrogens (tertiary/aromatic N) is 3. The van der Waals surface area contributed by atoms with Crippen LogP contribution in [0.5, 0.6) is 0 Å². The topological polar surface area (TPSA) is 50.6 Å². The number of nitrogens with one attached hydrogen (secondary N) is 1. The van der Waals surface area contributed by atoms with Crippen molar-refractivity contribution in [2.75, 3.05) is 0 Å². The van der Waals surface area contributed by atoms with Crippen LogP contribution in [0.4, 0.5) is 0 Å². The van der Waals surface area contributed by atoms with Crippen molar-refractivity contribution in [1.29, 1.82) is 0 Å². The Morgan fingerprint density at radius 2 is 1.53 bits per heavy atom. The van der Waals surface area contributed by atoms with Crippen LogP contribution < -0.4 is 4.57 Å². The van der Waals surface area contributed by atoms with Gasteiger partial charge in [0.15, 0.2) is 5.58 Å². The Hall–Kier alpha value is -4.90. The predicted molar refractivity (Wildman–Crippen MR) is 143 cm³/mol. The minimum Gasteiger partial charge on any atom is -0.454 e. The minimum absolute atomic E-state index is 0.800. The third-order valence-corrected chi connectivity index (χ3v) is 7.12. The van der Waals surface area contributed by atoms with Crippen molar-refractivity contribution in [3.63, 3.8) is 0 Å². The van der Waals surface area contributed by atoms with Crippen LogP contribution in [-0.2, 0) is 7.05 Å². The molecule has 0 spiro atoms. The van der Waals surface area contributed by atoms with E-state index in [1.165, 1.54) is 10.8 Å². The summed E-state index contributed by atoms with van der Waals surface area (Å²) in [5.74, 6) is 0. The summed E-state index contributed by atoms with van der Waals surface area (Å²) in [6, 6.07) is 33.3. The number of rotatable bonds is 2. The van der Waals surface area contributed by atoms with E-state index in [4.69, 9.17) is 9.40 Å². The molecule has 8 aromatic rings. The van der Waals surface area contributed by atoms with E-state index >= 15 is 0 Å². The van der Waals surface area contributed by atoms with E-state index in [-0.39, 0.29) is 0 Å². The highest BCUT2D eigenvalue weighted by Gasteiger charge is 2.16. The SMILES string of the molecule is Cn1[c-][n+](-c2cccc3c2[nH]c2c(-c4ccc5oc6ccccc6c5n4)cccc23)c2ccccc21. The van der Waals surface area contributed by atoms with Gasteiger partial charge in [-0.3, -0.25) is 0 Å². The number of imidazole rings is 1. The first kappa shape index (κ1) is 19.4. The molecule has 0 aliphatic rings. The highest BCUT2D eigenvalue weighted by atomic mass is 16.3. The predicted octanol–water partition coefficient (Wildman–Crippen LogP) is 6.85. The number of para-hydroxylation sites is 5. The molecule has 8 rings (SSSR count). The number of aromatic nitrogens is 4. The number of aromatic amines is 1. The maximum Gasteiger partial charge on any atom is 0.244 e. The monoisotopic (exact) mass is 464 g/mol. The van der Waals surface area contributed by atoms with Crippen molar-refractivity contribution in [3.8, 4) is 16.9 Å². The molecule has 0 saturated carbocycles. The van der Waals surface area contributed by atoms with Crippen LogP contribution in [0, 0.1) is 6.33 Å². The molecule has 36 heavy (non-hydrogen) atoms. The van der Waals surface area contributed by atoms with Gasteiger partial charge in [0.2, 0.25) is 6.33 Å². The van der Waals surface area contributed by atoms with Gasteiger partial charge in [-0.2, -0.15) is 0 Å². The van der Waals surface area contributed by atoms with Crippen LogP contribution in [0.2, 0.25) is 0 Å². The smallest absolute Gasteiger partial charge is 0.244 e. The van der Waals surface area contributed by atoms with Gasteiger partial charge in [-0.05, 0) is 24.3 Å². The fraction of sp³-hybridized carbons (Fsp3) is 0.0323. The Balaban J connectivity index is 1.40.